The molecule has 0 aromatic heterocycles. The molecule has 1 fully saturated rings. The van der Waals surface area contributed by atoms with Crippen molar-refractivity contribution in [3.63, 3.8) is 0 Å². The molecule has 1 aliphatic heterocycles. The molecule has 0 saturated carbocycles. The van der Waals surface area contributed by atoms with E-state index in [1.807, 2.05) is 19.9 Å². The number of nitrogens with one attached hydrogen (secondary N) is 2. The van der Waals surface area contributed by atoms with E-state index >= 15 is 0 Å². The summed E-state index contributed by atoms with van der Waals surface area (Å²) in [4.78, 5) is 1.47. The van der Waals surface area contributed by atoms with Gasteiger partial charge in [-0.05, 0) is 77.6 Å². The van der Waals surface area contributed by atoms with Crippen molar-refractivity contribution in [2.45, 2.75) is 70.1 Å². The first kappa shape index (κ1) is 33.9. The lowest BCUT2D eigenvalue weighted by Gasteiger charge is -2.29. The highest BCUT2D eigenvalue weighted by atomic mass is 19.4. The molecule has 14 heteroatoms. The second-order valence-electron chi connectivity index (χ2n) is 11.0. The van der Waals surface area contributed by atoms with Crippen molar-refractivity contribution in [2.24, 2.45) is 0 Å². The Hall–Kier alpha value is -3.96. The first-order chi connectivity index (χ1) is 20.8. The minimum absolute atomic E-state index is 0.0134. The molecule has 45 heavy (non-hydrogen) atoms. The molecule has 1 heterocycles. The zero-order valence-corrected chi connectivity index (χ0v) is 24.4. The molecule has 1 unspecified atom stereocenters. The second kappa shape index (κ2) is 12.4. The van der Waals surface area contributed by atoms with Gasteiger partial charge in [-0.3, -0.25) is 15.5 Å². The fourth-order valence-corrected chi connectivity index (χ4v) is 5.44. The van der Waals surface area contributed by atoms with E-state index in [9.17, 15) is 44.8 Å². The summed E-state index contributed by atoms with van der Waals surface area (Å²) in [6.07, 6.45) is -14.3. The normalized spacial score (nSPS) is 19.5. The van der Waals surface area contributed by atoms with Crippen LogP contribution in [-0.4, -0.2) is 24.3 Å². The summed E-state index contributed by atoms with van der Waals surface area (Å²) < 4.78 is 129. The Bertz CT molecular complexity index is 1540. The van der Waals surface area contributed by atoms with Gasteiger partial charge in [0, 0.05) is 18.2 Å². The Kier molecular flexibility index (Phi) is 9.38. The van der Waals surface area contributed by atoms with Crippen molar-refractivity contribution < 1.29 is 44.3 Å². The van der Waals surface area contributed by atoms with E-state index in [2.05, 4.69) is 10.6 Å². The zero-order valence-electron chi connectivity index (χ0n) is 24.4. The molecule has 0 amide bonds. The van der Waals surface area contributed by atoms with E-state index in [1.165, 1.54) is 25.0 Å². The Labute approximate surface area is 253 Å². The van der Waals surface area contributed by atoms with Crippen molar-refractivity contribution in [2.75, 3.05) is 7.11 Å². The van der Waals surface area contributed by atoms with Crippen LogP contribution in [0.25, 0.3) is 11.1 Å². The molecule has 3 atom stereocenters. The maximum absolute atomic E-state index is 13.9. The zero-order chi connectivity index (χ0) is 33.5. The number of ether oxygens (including phenoxy) is 1. The van der Waals surface area contributed by atoms with E-state index in [4.69, 9.17) is 4.74 Å². The Morgan fingerprint density at radius 1 is 0.844 bits per heavy atom. The van der Waals surface area contributed by atoms with Gasteiger partial charge in [0.15, 0.2) is 6.19 Å². The van der Waals surface area contributed by atoms with Gasteiger partial charge in [0.05, 0.1) is 29.8 Å². The number of rotatable bonds is 7. The highest BCUT2D eigenvalue weighted by molar-refractivity contribution is 5.75. The van der Waals surface area contributed by atoms with Crippen molar-refractivity contribution in [1.82, 2.24) is 15.5 Å². The van der Waals surface area contributed by atoms with Crippen LogP contribution in [0.4, 0.5) is 39.5 Å². The van der Waals surface area contributed by atoms with Crippen molar-refractivity contribution in [3.8, 4) is 23.1 Å². The first-order valence-electron chi connectivity index (χ1n) is 13.7. The van der Waals surface area contributed by atoms with E-state index in [-0.39, 0.29) is 29.7 Å². The number of hydrogen-bond acceptors (Lipinski definition) is 5. The van der Waals surface area contributed by atoms with Gasteiger partial charge in [-0.15, -0.1) is 0 Å². The van der Waals surface area contributed by atoms with E-state index in [0.717, 1.165) is 17.7 Å². The molecule has 3 aromatic rings. The van der Waals surface area contributed by atoms with Gasteiger partial charge < -0.3 is 4.74 Å². The summed E-state index contributed by atoms with van der Waals surface area (Å²) >= 11 is 0. The maximum Gasteiger partial charge on any atom is 0.416 e. The fourth-order valence-electron chi connectivity index (χ4n) is 5.44. The van der Waals surface area contributed by atoms with Gasteiger partial charge in [-0.25, -0.2) is 0 Å². The molecule has 242 valence electrons. The summed E-state index contributed by atoms with van der Waals surface area (Å²) in [5.41, 5.74) is -2.47. The maximum atomic E-state index is 13.9. The van der Waals surface area contributed by atoms with E-state index < -0.39 is 53.6 Å². The van der Waals surface area contributed by atoms with Gasteiger partial charge in [0.1, 0.15) is 12.0 Å². The summed E-state index contributed by atoms with van der Waals surface area (Å²) in [5, 5.41) is 14.7. The highest BCUT2D eigenvalue weighted by Crippen LogP contribution is 2.42. The molecule has 1 aliphatic rings. The summed E-state index contributed by atoms with van der Waals surface area (Å²) in [7, 11) is 1.41. The predicted octanol–water partition coefficient (Wildman–Crippen LogP) is 8.43. The Balaban J connectivity index is 1.84. The SMILES string of the molecule is COc1ccc(C(C)C)cc1-c1ccc(C(F)(F)F)cc1CN1C(NC#N)N[C@H](c2cc(C(F)(F)F)cc(C(F)(F)F)c2)[C@@H]1C. The van der Waals surface area contributed by atoms with Crippen LogP contribution in [0.1, 0.15) is 66.1 Å². The number of nitrogens with zero attached hydrogens (tertiary/aromatic N) is 2. The molecule has 4 rings (SSSR count). The molecule has 3 aromatic carbocycles. The van der Waals surface area contributed by atoms with E-state index in [1.54, 1.807) is 18.3 Å². The predicted molar refractivity (Wildman–Crippen MR) is 147 cm³/mol. The highest BCUT2D eigenvalue weighted by Gasteiger charge is 2.43. The Morgan fingerprint density at radius 2 is 1.44 bits per heavy atom. The topological polar surface area (TPSA) is 60.3 Å². The summed E-state index contributed by atoms with van der Waals surface area (Å²) in [5.74, 6) is 0.440. The molecule has 0 aliphatic carbocycles. The molecule has 0 spiro atoms. The lowest BCUT2D eigenvalue weighted by atomic mass is 9.92. The number of methoxy groups -OCH3 is 1. The van der Waals surface area contributed by atoms with Gasteiger partial charge in [0.2, 0.25) is 0 Å². The van der Waals surface area contributed by atoms with Crippen LogP contribution < -0.4 is 15.4 Å². The second-order valence-corrected chi connectivity index (χ2v) is 11.0. The monoisotopic (exact) mass is 644 g/mol. The van der Waals surface area contributed by atoms with Crippen molar-refractivity contribution in [1.29, 1.82) is 5.26 Å². The number of halogens is 9. The third-order valence-corrected chi connectivity index (χ3v) is 7.81. The van der Waals surface area contributed by atoms with Crippen LogP contribution in [0.2, 0.25) is 0 Å². The van der Waals surface area contributed by atoms with Crippen LogP contribution >= 0.6 is 0 Å². The third-order valence-electron chi connectivity index (χ3n) is 7.81. The van der Waals surface area contributed by atoms with Crippen LogP contribution in [0, 0.1) is 11.5 Å². The lowest BCUT2D eigenvalue weighted by molar-refractivity contribution is -0.143. The molecular formula is C31H29F9N4O. The van der Waals surface area contributed by atoms with Crippen molar-refractivity contribution in [3.05, 3.63) is 88.0 Å². The van der Waals surface area contributed by atoms with Crippen LogP contribution in [0.3, 0.4) is 0 Å². The number of nitriles is 1. The van der Waals surface area contributed by atoms with Crippen molar-refractivity contribution >= 4 is 0 Å². The first-order valence-corrected chi connectivity index (χ1v) is 13.7. The molecule has 1 saturated heterocycles. The third kappa shape index (κ3) is 7.31. The van der Waals surface area contributed by atoms with Crippen LogP contribution in [0.15, 0.2) is 54.6 Å². The van der Waals surface area contributed by atoms with Gasteiger partial charge >= 0.3 is 18.5 Å². The smallest absolute Gasteiger partial charge is 0.416 e. The fraction of sp³-hybridized carbons (Fsp3) is 0.387. The molecule has 0 radical (unpaired) electrons. The minimum atomic E-state index is -5.08. The standard InChI is InChI=1S/C31H29F9N4O/c1-16(2)18-5-8-26(45-4)25(12-18)24-7-6-21(29(32,33)34)11-20(24)14-44-17(3)27(43-28(44)42-15-41)19-9-22(30(35,36)37)13-23(10-19)31(38,39)40/h5-13,16-17,27-28,42-43H,14H2,1-4H3/t17-,27-,28?/m0/s1. The van der Waals surface area contributed by atoms with Crippen LogP contribution in [0.5, 0.6) is 5.75 Å². The van der Waals surface area contributed by atoms with Gasteiger partial charge in [-0.1, -0.05) is 26.0 Å². The molecular weight excluding hydrogens is 615 g/mol. The number of benzene rings is 3. The van der Waals surface area contributed by atoms with Gasteiger partial charge in [0.25, 0.3) is 0 Å². The molecule has 2 N–H and O–H groups in total. The summed E-state index contributed by atoms with van der Waals surface area (Å²) in [6, 6.07) is 7.57. The van der Waals surface area contributed by atoms with Gasteiger partial charge in [-0.2, -0.15) is 44.8 Å². The lowest BCUT2D eigenvalue weighted by Crippen LogP contribution is -2.46. The minimum Gasteiger partial charge on any atom is -0.496 e. The van der Waals surface area contributed by atoms with Crippen LogP contribution in [-0.2, 0) is 25.1 Å². The summed E-state index contributed by atoms with van der Waals surface area (Å²) in [6.45, 7) is 5.10. The average molecular weight is 645 g/mol. The molecule has 0 bridgehead atoms. The number of alkyl halides is 9. The molecule has 5 nitrogen and oxygen atoms in total. The quantitative estimate of drug-likeness (QED) is 0.154. The largest absolute Gasteiger partial charge is 0.496 e. The average Bonchev–Trinajstić information content (AvgIpc) is 3.25. The number of hydrogen-bond donors (Lipinski definition) is 2. The Morgan fingerprint density at radius 3 is 1.96 bits per heavy atom. The van der Waals surface area contributed by atoms with E-state index in [0.29, 0.717) is 29.0 Å².